The minimum atomic E-state index is -3.53. The van der Waals surface area contributed by atoms with Gasteiger partial charge in [-0.05, 0) is 42.7 Å². The van der Waals surface area contributed by atoms with Crippen molar-refractivity contribution in [2.24, 2.45) is 0 Å². The van der Waals surface area contributed by atoms with Crippen LogP contribution in [0.3, 0.4) is 0 Å². The Bertz CT molecular complexity index is 913. The summed E-state index contributed by atoms with van der Waals surface area (Å²) in [4.78, 5) is 14.7. The molecule has 0 atom stereocenters. The zero-order chi connectivity index (χ0) is 19.6. The molecule has 1 aliphatic heterocycles. The van der Waals surface area contributed by atoms with E-state index in [1.807, 2.05) is 37.3 Å². The molecule has 3 rings (SSSR count). The molecule has 0 aromatic heterocycles. The van der Waals surface area contributed by atoms with Crippen molar-refractivity contribution in [3.63, 3.8) is 0 Å². The fourth-order valence-electron chi connectivity index (χ4n) is 3.27. The van der Waals surface area contributed by atoms with Crippen molar-refractivity contribution in [3.8, 4) is 0 Å². The maximum absolute atomic E-state index is 12.9. The zero-order valence-corrected chi connectivity index (χ0v) is 16.9. The maximum atomic E-state index is 12.9. The Morgan fingerprint density at radius 3 is 2.15 bits per heavy atom. The van der Waals surface area contributed by atoms with E-state index < -0.39 is 10.0 Å². The summed E-state index contributed by atoms with van der Waals surface area (Å²) in [5.41, 5.74) is 2.80. The van der Waals surface area contributed by atoms with Crippen molar-refractivity contribution in [2.45, 2.75) is 31.6 Å². The summed E-state index contributed by atoms with van der Waals surface area (Å²) >= 11 is 0. The molecule has 0 saturated carbocycles. The van der Waals surface area contributed by atoms with Gasteiger partial charge >= 0.3 is 0 Å². The fourth-order valence-corrected chi connectivity index (χ4v) is 4.69. The molecule has 27 heavy (non-hydrogen) atoms. The molecule has 0 radical (unpaired) electrons. The number of aryl methyl sites for hydroxylation is 1. The first-order valence-electron chi connectivity index (χ1n) is 9.25. The van der Waals surface area contributed by atoms with E-state index in [4.69, 9.17) is 0 Å². The topological polar surface area (TPSA) is 57.7 Å². The van der Waals surface area contributed by atoms with Crippen molar-refractivity contribution in [1.82, 2.24) is 9.21 Å². The van der Waals surface area contributed by atoms with Crippen LogP contribution in [0.4, 0.5) is 0 Å². The lowest BCUT2D eigenvalue weighted by Gasteiger charge is -2.34. The quantitative estimate of drug-likeness (QED) is 0.810. The highest BCUT2D eigenvalue weighted by molar-refractivity contribution is 7.89. The van der Waals surface area contributed by atoms with Gasteiger partial charge in [0.1, 0.15) is 0 Å². The van der Waals surface area contributed by atoms with Gasteiger partial charge in [0.15, 0.2) is 0 Å². The molecule has 0 unspecified atom stereocenters. The maximum Gasteiger partial charge on any atom is 0.253 e. The van der Waals surface area contributed by atoms with Crippen LogP contribution in [0.2, 0.25) is 0 Å². The van der Waals surface area contributed by atoms with Crippen molar-refractivity contribution in [2.75, 3.05) is 26.2 Å². The molecule has 144 valence electrons. The Morgan fingerprint density at radius 1 is 0.963 bits per heavy atom. The van der Waals surface area contributed by atoms with E-state index in [9.17, 15) is 13.2 Å². The van der Waals surface area contributed by atoms with E-state index >= 15 is 0 Å². The second-order valence-electron chi connectivity index (χ2n) is 7.29. The average Bonchev–Trinajstić information content (AvgIpc) is 2.67. The van der Waals surface area contributed by atoms with E-state index in [0.717, 1.165) is 11.1 Å². The Balaban J connectivity index is 1.68. The van der Waals surface area contributed by atoms with Crippen LogP contribution in [0.1, 0.15) is 41.3 Å². The average molecular weight is 387 g/mol. The lowest BCUT2D eigenvalue weighted by molar-refractivity contribution is 0.0698. The summed E-state index contributed by atoms with van der Waals surface area (Å²) in [5, 5.41) is 0. The first kappa shape index (κ1) is 19.6. The molecule has 1 amide bonds. The summed E-state index contributed by atoms with van der Waals surface area (Å²) in [7, 11) is -3.53. The van der Waals surface area contributed by atoms with Gasteiger partial charge in [-0.25, -0.2) is 8.42 Å². The van der Waals surface area contributed by atoms with E-state index in [-0.39, 0.29) is 5.91 Å². The van der Waals surface area contributed by atoms with Gasteiger partial charge in [-0.15, -0.1) is 0 Å². The molecule has 5 nitrogen and oxygen atoms in total. The van der Waals surface area contributed by atoms with Crippen molar-refractivity contribution >= 4 is 15.9 Å². The molecule has 2 aromatic rings. The fraction of sp³-hybridized carbons (Fsp3) is 0.381. The highest BCUT2D eigenvalue weighted by Gasteiger charge is 2.30. The van der Waals surface area contributed by atoms with Crippen LogP contribution < -0.4 is 0 Å². The number of carbonyl (C=O) groups is 1. The van der Waals surface area contributed by atoms with Crippen molar-refractivity contribution < 1.29 is 13.2 Å². The summed E-state index contributed by atoms with van der Waals surface area (Å²) < 4.78 is 27.2. The van der Waals surface area contributed by atoms with Gasteiger partial charge in [-0.3, -0.25) is 4.79 Å². The third-order valence-electron chi connectivity index (χ3n) is 4.98. The number of piperazine rings is 1. The first-order valence-corrected chi connectivity index (χ1v) is 10.7. The summed E-state index contributed by atoms with van der Waals surface area (Å²) in [6.45, 7) is 7.53. The normalized spacial score (nSPS) is 15.9. The number of hydrogen-bond donors (Lipinski definition) is 0. The molecule has 0 bridgehead atoms. The van der Waals surface area contributed by atoms with Crippen LogP contribution in [-0.2, 0) is 10.0 Å². The van der Waals surface area contributed by atoms with Crippen LogP contribution in [0, 0.1) is 6.92 Å². The Morgan fingerprint density at radius 2 is 1.59 bits per heavy atom. The van der Waals surface area contributed by atoms with Gasteiger partial charge in [0, 0.05) is 31.7 Å². The highest BCUT2D eigenvalue weighted by Crippen LogP contribution is 2.21. The zero-order valence-electron chi connectivity index (χ0n) is 16.1. The lowest BCUT2D eigenvalue weighted by Crippen LogP contribution is -2.50. The van der Waals surface area contributed by atoms with Gasteiger partial charge in [-0.2, -0.15) is 4.31 Å². The Hall–Kier alpha value is -2.18. The standard InChI is InChI=1S/C21H26N2O3S/c1-16(2)18-7-9-20(10-8-18)27(25,26)23-13-11-22(12-14-23)21(24)19-6-4-5-17(3)15-19/h4-10,15-16H,11-14H2,1-3H3. The van der Waals surface area contributed by atoms with E-state index in [0.29, 0.717) is 42.6 Å². The highest BCUT2D eigenvalue weighted by atomic mass is 32.2. The van der Waals surface area contributed by atoms with E-state index in [1.165, 1.54) is 4.31 Å². The number of sulfonamides is 1. The summed E-state index contributed by atoms with van der Waals surface area (Å²) in [5.74, 6) is 0.315. The second-order valence-corrected chi connectivity index (χ2v) is 9.23. The Labute approximate surface area is 161 Å². The summed E-state index contributed by atoms with van der Waals surface area (Å²) in [6.07, 6.45) is 0. The molecule has 1 saturated heterocycles. The Kier molecular flexibility index (Phi) is 5.67. The van der Waals surface area contributed by atoms with Crippen molar-refractivity contribution in [1.29, 1.82) is 0 Å². The van der Waals surface area contributed by atoms with Crippen LogP contribution >= 0.6 is 0 Å². The molecule has 6 heteroatoms. The number of amides is 1. The first-order chi connectivity index (χ1) is 12.8. The molecule has 1 heterocycles. The molecule has 1 fully saturated rings. The molecule has 0 aliphatic carbocycles. The predicted octanol–water partition coefficient (Wildman–Crippen LogP) is 3.27. The second kappa shape index (κ2) is 7.82. The SMILES string of the molecule is Cc1cccc(C(=O)N2CCN(S(=O)(=O)c3ccc(C(C)C)cc3)CC2)c1. The number of rotatable bonds is 4. The molecule has 0 N–H and O–H groups in total. The summed E-state index contributed by atoms with van der Waals surface area (Å²) in [6, 6.07) is 14.6. The van der Waals surface area contributed by atoms with Crippen LogP contribution in [-0.4, -0.2) is 49.7 Å². The van der Waals surface area contributed by atoms with E-state index in [1.54, 1.807) is 23.1 Å². The van der Waals surface area contributed by atoms with Gasteiger partial charge in [0.25, 0.3) is 5.91 Å². The molecule has 0 spiro atoms. The minimum absolute atomic E-state index is 0.0444. The minimum Gasteiger partial charge on any atom is -0.336 e. The van der Waals surface area contributed by atoms with Crippen LogP contribution in [0.25, 0.3) is 0 Å². The third-order valence-corrected chi connectivity index (χ3v) is 6.89. The molecule has 2 aromatic carbocycles. The third kappa shape index (κ3) is 4.22. The monoisotopic (exact) mass is 386 g/mol. The van der Waals surface area contributed by atoms with Gasteiger partial charge in [-0.1, -0.05) is 43.7 Å². The van der Waals surface area contributed by atoms with Gasteiger partial charge in [0.05, 0.1) is 4.90 Å². The van der Waals surface area contributed by atoms with Gasteiger partial charge in [0.2, 0.25) is 10.0 Å². The number of nitrogens with zero attached hydrogens (tertiary/aromatic N) is 2. The predicted molar refractivity (Wildman–Crippen MR) is 106 cm³/mol. The lowest BCUT2D eigenvalue weighted by atomic mass is 10.0. The smallest absolute Gasteiger partial charge is 0.253 e. The van der Waals surface area contributed by atoms with E-state index in [2.05, 4.69) is 13.8 Å². The number of carbonyl (C=O) groups excluding carboxylic acids is 1. The number of hydrogen-bond acceptors (Lipinski definition) is 3. The van der Waals surface area contributed by atoms with Gasteiger partial charge < -0.3 is 4.90 Å². The number of benzene rings is 2. The van der Waals surface area contributed by atoms with Crippen LogP contribution in [0.5, 0.6) is 0 Å². The van der Waals surface area contributed by atoms with Crippen LogP contribution in [0.15, 0.2) is 53.4 Å². The molecule has 1 aliphatic rings. The molecular weight excluding hydrogens is 360 g/mol. The van der Waals surface area contributed by atoms with Crippen molar-refractivity contribution in [3.05, 3.63) is 65.2 Å². The largest absolute Gasteiger partial charge is 0.336 e. The molecular formula is C21H26N2O3S.